The van der Waals surface area contributed by atoms with Crippen molar-refractivity contribution in [3.63, 3.8) is 0 Å². The van der Waals surface area contributed by atoms with Crippen LogP contribution in [0.3, 0.4) is 0 Å². The summed E-state index contributed by atoms with van der Waals surface area (Å²) in [6, 6.07) is 4.48. The van der Waals surface area contributed by atoms with E-state index in [1.54, 1.807) is 13.0 Å². The summed E-state index contributed by atoms with van der Waals surface area (Å²) in [5.74, 6) is -0.441. The maximum Gasteiger partial charge on any atom is 0.153 e. The number of nitrogens with one attached hydrogen (secondary N) is 1. The van der Waals surface area contributed by atoms with Gasteiger partial charge in [0.15, 0.2) is 5.00 Å². The Morgan fingerprint density at radius 3 is 2.89 bits per heavy atom. The van der Waals surface area contributed by atoms with Crippen molar-refractivity contribution in [2.45, 2.75) is 13.8 Å². The van der Waals surface area contributed by atoms with Crippen LogP contribution >= 0.6 is 23.1 Å². The van der Waals surface area contributed by atoms with Gasteiger partial charge in [-0.2, -0.15) is 5.10 Å². The molecule has 1 aromatic carbocycles. The van der Waals surface area contributed by atoms with E-state index in [1.807, 2.05) is 6.92 Å². The van der Waals surface area contributed by atoms with Gasteiger partial charge in [-0.25, -0.2) is 4.39 Å². The van der Waals surface area contributed by atoms with Crippen molar-refractivity contribution < 1.29 is 4.39 Å². The average molecular weight is 285 g/mol. The highest BCUT2D eigenvalue weighted by molar-refractivity contribution is 7.10. The lowest BCUT2D eigenvalue weighted by molar-refractivity contribution is 0.628. The third-order valence-electron chi connectivity index (χ3n) is 2.31. The van der Waals surface area contributed by atoms with Gasteiger partial charge in [-0.3, -0.25) is 5.43 Å². The van der Waals surface area contributed by atoms with Gasteiger partial charge in [0.1, 0.15) is 5.82 Å². The van der Waals surface area contributed by atoms with Crippen molar-refractivity contribution in [3.8, 4) is 0 Å². The van der Waals surface area contributed by atoms with Gasteiger partial charge >= 0.3 is 0 Å². The molecule has 0 atom stereocenters. The second kappa shape index (κ2) is 5.41. The molecule has 0 bridgehead atoms. The first kappa shape index (κ1) is 12.9. The number of rotatable bonds is 3. The number of hydrogen-bond acceptors (Lipinski definition) is 5. The lowest BCUT2D eigenvalue weighted by Gasteiger charge is -2.03. The van der Waals surface area contributed by atoms with Crippen molar-refractivity contribution in [1.29, 1.82) is 0 Å². The number of benzene rings is 1. The molecule has 1 heterocycles. The SMILES string of the molecule is CC(=NNc1snnc1C)c1ccc(F)c(Cl)c1. The number of hydrogen-bond donors (Lipinski definition) is 1. The van der Waals surface area contributed by atoms with Crippen LogP contribution in [0.15, 0.2) is 23.3 Å². The molecule has 0 unspecified atom stereocenters. The first-order chi connectivity index (χ1) is 8.58. The van der Waals surface area contributed by atoms with Crippen LogP contribution in [0.1, 0.15) is 18.2 Å². The monoisotopic (exact) mass is 284 g/mol. The molecule has 18 heavy (non-hydrogen) atoms. The predicted molar refractivity (Wildman–Crippen MR) is 71.9 cm³/mol. The number of aromatic nitrogens is 2. The molecule has 1 aromatic heterocycles. The fourth-order valence-corrected chi connectivity index (χ4v) is 1.94. The van der Waals surface area contributed by atoms with Crippen molar-refractivity contribution >= 4 is 33.8 Å². The molecule has 0 saturated carbocycles. The lowest BCUT2D eigenvalue weighted by Crippen LogP contribution is -2.00. The Hall–Kier alpha value is -1.53. The van der Waals surface area contributed by atoms with Crippen LogP contribution in [-0.4, -0.2) is 15.3 Å². The van der Waals surface area contributed by atoms with Crippen molar-refractivity contribution in [2.24, 2.45) is 5.10 Å². The molecule has 4 nitrogen and oxygen atoms in total. The normalized spacial score (nSPS) is 11.7. The molecule has 0 amide bonds. The van der Waals surface area contributed by atoms with Crippen LogP contribution in [-0.2, 0) is 0 Å². The fourth-order valence-electron chi connectivity index (χ4n) is 1.26. The van der Waals surface area contributed by atoms with E-state index in [9.17, 15) is 4.39 Å². The summed E-state index contributed by atoms with van der Waals surface area (Å²) in [7, 11) is 0. The molecule has 0 fully saturated rings. The number of nitrogens with zero attached hydrogens (tertiary/aromatic N) is 3. The van der Waals surface area contributed by atoms with Gasteiger partial charge in [0.05, 0.1) is 16.4 Å². The minimum absolute atomic E-state index is 0.0812. The Balaban J connectivity index is 2.18. The molecular weight excluding hydrogens is 275 g/mol. The van der Waals surface area contributed by atoms with Gasteiger partial charge in [0.2, 0.25) is 0 Å². The average Bonchev–Trinajstić information content (AvgIpc) is 2.75. The van der Waals surface area contributed by atoms with Gasteiger partial charge in [-0.15, -0.1) is 5.10 Å². The highest BCUT2D eigenvalue weighted by Gasteiger charge is 2.05. The van der Waals surface area contributed by atoms with E-state index in [0.717, 1.165) is 16.3 Å². The van der Waals surface area contributed by atoms with E-state index in [-0.39, 0.29) is 5.02 Å². The van der Waals surface area contributed by atoms with Crippen molar-refractivity contribution in [3.05, 3.63) is 40.3 Å². The molecule has 0 spiro atoms. The Morgan fingerprint density at radius 2 is 2.28 bits per heavy atom. The van der Waals surface area contributed by atoms with E-state index < -0.39 is 5.82 Å². The van der Waals surface area contributed by atoms with Crippen molar-refractivity contribution in [1.82, 2.24) is 9.59 Å². The molecule has 0 aliphatic heterocycles. The molecular formula is C11H10ClFN4S. The van der Waals surface area contributed by atoms with Gasteiger partial charge < -0.3 is 0 Å². The third kappa shape index (κ3) is 2.83. The molecule has 0 aliphatic rings. The van der Waals surface area contributed by atoms with E-state index >= 15 is 0 Å². The maximum atomic E-state index is 13.0. The van der Waals surface area contributed by atoms with Gasteiger partial charge in [0.25, 0.3) is 0 Å². The summed E-state index contributed by atoms with van der Waals surface area (Å²) in [6.07, 6.45) is 0. The van der Waals surface area contributed by atoms with E-state index in [2.05, 4.69) is 20.1 Å². The molecule has 0 saturated heterocycles. The molecule has 7 heteroatoms. The number of aryl methyl sites for hydroxylation is 1. The zero-order chi connectivity index (χ0) is 13.1. The number of hydrazone groups is 1. The second-order valence-electron chi connectivity index (χ2n) is 3.63. The van der Waals surface area contributed by atoms with Crippen molar-refractivity contribution in [2.75, 3.05) is 5.43 Å². The van der Waals surface area contributed by atoms with Crippen LogP contribution in [0.2, 0.25) is 5.02 Å². The Kier molecular flexibility index (Phi) is 3.88. The summed E-state index contributed by atoms with van der Waals surface area (Å²) in [4.78, 5) is 0. The molecule has 2 rings (SSSR count). The summed E-state index contributed by atoms with van der Waals surface area (Å²) in [5, 5.41) is 8.90. The van der Waals surface area contributed by atoms with Crippen LogP contribution in [0.4, 0.5) is 9.39 Å². The molecule has 0 radical (unpaired) electrons. The standard InChI is InChI=1S/C11H10ClFN4S/c1-6(8-3-4-10(13)9(12)5-8)14-16-11-7(2)15-17-18-11/h3-5,16H,1-2H3. The summed E-state index contributed by atoms with van der Waals surface area (Å²) >= 11 is 6.94. The Bertz CT molecular complexity index is 596. The topological polar surface area (TPSA) is 50.2 Å². The maximum absolute atomic E-state index is 13.0. The van der Waals surface area contributed by atoms with E-state index in [1.165, 1.54) is 23.7 Å². The fraction of sp³-hybridized carbons (Fsp3) is 0.182. The minimum Gasteiger partial charge on any atom is -0.265 e. The van der Waals surface area contributed by atoms with E-state index in [4.69, 9.17) is 11.6 Å². The first-order valence-electron chi connectivity index (χ1n) is 5.12. The van der Waals surface area contributed by atoms with Gasteiger partial charge in [-0.05, 0) is 31.5 Å². The molecule has 2 aromatic rings. The number of halogens is 2. The quantitative estimate of drug-likeness (QED) is 0.693. The smallest absolute Gasteiger partial charge is 0.153 e. The minimum atomic E-state index is -0.441. The Labute approximate surface area is 113 Å². The first-order valence-corrected chi connectivity index (χ1v) is 6.27. The summed E-state index contributed by atoms with van der Waals surface area (Å²) in [5.41, 5.74) is 5.11. The summed E-state index contributed by atoms with van der Waals surface area (Å²) in [6.45, 7) is 3.64. The second-order valence-corrected chi connectivity index (χ2v) is 4.79. The highest BCUT2D eigenvalue weighted by Crippen LogP contribution is 2.18. The predicted octanol–water partition coefficient (Wildman–Crippen LogP) is 3.48. The Morgan fingerprint density at radius 1 is 1.50 bits per heavy atom. The zero-order valence-corrected chi connectivity index (χ0v) is 11.3. The van der Waals surface area contributed by atoms with Gasteiger partial charge in [-0.1, -0.05) is 22.2 Å². The molecule has 0 aliphatic carbocycles. The van der Waals surface area contributed by atoms with Crippen LogP contribution in [0.5, 0.6) is 0 Å². The van der Waals surface area contributed by atoms with E-state index in [0.29, 0.717) is 5.71 Å². The molecule has 94 valence electrons. The molecule has 1 N–H and O–H groups in total. The van der Waals surface area contributed by atoms with Crippen LogP contribution < -0.4 is 5.43 Å². The van der Waals surface area contributed by atoms with Gasteiger partial charge in [0, 0.05) is 11.5 Å². The van der Waals surface area contributed by atoms with Crippen LogP contribution in [0.25, 0.3) is 0 Å². The number of anilines is 1. The highest BCUT2D eigenvalue weighted by atomic mass is 35.5. The lowest BCUT2D eigenvalue weighted by atomic mass is 10.1. The van der Waals surface area contributed by atoms with Crippen LogP contribution in [0, 0.1) is 12.7 Å². The third-order valence-corrected chi connectivity index (χ3v) is 3.34. The zero-order valence-electron chi connectivity index (χ0n) is 9.74. The summed E-state index contributed by atoms with van der Waals surface area (Å²) < 4.78 is 16.8. The largest absolute Gasteiger partial charge is 0.265 e.